The summed E-state index contributed by atoms with van der Waals surface area (Å²) in [5, 5.41) is 7.03. The fourth-order valence-electron chi connectivity index (χ4n) is 3.21. The number of nitrogens with zero attached hydrogens (tertiary/aromatic N) is 1. The Bertz CT molecular complexity index is 1030. The molecule has 154 valence electrons. The number of thiophene rings is 1. The molecular weight excluding hydrogens is 402 g/mol. The van der Waals surface area contributed by atoms with E-state index < -0.39 is 0 Å². The fourth-order valence-corrected chi connectivity index (χ4v) is 4.16. The summed E-state index contributed by atoms with van der Waals surface area (Å²) in [5.41, 5.74) is 3.82. The van der Waals surface area contributed by atoms with Crippen molar-refractivity contribution in [3.63, 3.8) is 0 Å². The van der Waals surface area contributed by atoms with E-state index in [2.05, 4.69) is 40.8 Å². The van der Waals surface area contributed by atoms with Crippen LogP contribution in [0.15, 0.2) is 40.5 Å². The molecule has 0 aliphatic rings. The van der Waals surface area contributed by atoms with Crippen LogP contribution in [0.2, 0.25) is 0 Å². The number of aromatic nitrogens is 1. The molecule has 0 aliphatic carbocycles. The number of thiocarbonyl (C=S) groups is 1. The summed E-state index contributed by atoms with van der Waals surface area (Å²) in [5.74, 6) is 0. The number of fused-ring (bicyclic) bond motifs is 1. The highest BCUT2D eigenvalue weighted by Crippen LogP contribution is 2.20. The van der Waals surface area contributed by atoms with Crippen LogP contribution < -0.4 is 10.9 Å². The van der Waals surface area contributed by atoms with E-state index >= 15 is 0 Å². The molecule has 0 aliphatic heterocycles. The Morgan fingerprint density at radius 1 is 1.28 bits per heavy atom. The van der Waals surface area contributed by atoms with Gasteiger partial charge in [-0.1, -0.05) is 18.2 Å². The number of aryl methyl sites for hydroxylation is 2. The molecule has 2 aromatic heterocycles. The van der Waals surface area contributed by atoms with Crippen LogP contribution in [-0.4, -0.2) is 35.3 Å². The van der Waals surface area contributed by atoms with Gasteiger partial charge in [-0.2, -0.15) is 0 Å². The van der Waals surface area contributed by atoms with E-state index in [4.69, 9.17) is 17.0 Å². The molecule has 1 aromatic carbocycles. The third-order valence-electron chi connectivity index (χ3n) is 5.00. The van der Waals surface area contributed by atoms with Crippen LogP contribution in [0.3, 0.4) is 0 Å². The number of rotatable bonds is 8. The highest BCUT2D eigenvalue weighted by molar-refractivity contribution is 7.80. The molecule has 2 N–H and O–H groups in total. The minimum absolute atomic E-state index is 0.0652. The van der Waals surface area contributed by atoms with Crippen molar-refractivity contribution in [2.75, 3.05) is 20.3 Å². The zero-order valence-corrected chi connectivity index (χ0v) is 18.7. The fraction of sp³-hybridized carbons (Fsp3) is 0.364. The van der Waals surface area contributed by atoms with Gasteiger partial charge in [0.1, 0.15) is 0 Å². The number of benzene rings is 1. The molecule has 0 saturated heterocycles. The lowest BCUT2D eigenvalue weighted by atomic mass is 10.0. The second-order valence-corrected chi connectivity index (χ2v) is 8.53. The topological polar surface area (TPSA) is 57.4 Å². The second-order valence-electron chi connectivity index (χ2n) is 7.11. The number of pyridine rings is 1. The average molecular weight is 430 g/mol. The molecule has 0 fully saturated rings. The summed E-state index contributed by atoms with van der Waals surface area (Å²) in [4.78, 5) is 19.1. The zero-order valence-electron chi connectivity index (χ0n) is 17.1. The average Bonchev–Trinajstić information content (AvgIpc) is 3.22. The molecule has 0 amide bonds. The van der Waals surface area contributed by atoms with Gasteiger partial charge in [0.2, 0.25) is 0 Å². The molecule has 2 heterocycles. The molecule has 29 heavy (non-hydrogen) atoms. The molecule has 0 saturated carbocycles. The van der Waals surface area contributed by atoms with Crippen LogP contribution in [0.5, 0.6) is 0 Å². The van der Waals surface area contributed by atoms with Crippen molar-refractivity contribution in [1.82, 2.24) is 15.2 Å². The van der Waals surface area contributed by atoms with Gasteiger partial charge in [-0.25, -0.2) is 0 Å². The van der Waals surface area contributed by atoms with Gasteiger partial charge in [0.05, 0.1) is 18.6 Å². The minimum Gasteiger partial charge on any atom is -0.385 e. The van der Waals surface area contributed by atoms with Gasteiger partial charge >= 0.3 is 0 Å². The van der Waals surface area contributed by atoms with Crippen molar-refractivity contribution in [3.05, 3.63) is 67.6 Å². The largest absolute Gasteiger partial charge is 0.385 e. The van der Waals surface area contributed by atoms with Gasteiger partial charge in [-0.15, -0.1) is 11.3 Å². The predicted octanol–water partition coefficient (Wildman–Crippen LogP) is 4.12. The van der Waals surface area contributed by atoms with Gasteiger partial charge in [-0.3, -0.25) is 4.79 Å². The third kappa shape index (κ3) is 5.44. The first-order chi connectivity index (χ1) is 14.0. The van der Waals surface area contributed by atoms with Crippen LogP contribution in [-0.2, 0) is 17.8 Å². The third-order valence-corrected chi connectivity index (χ3v) is 6.27. The Hall–Kier alpha value is -2.22. The Balaban J connectivity index is 1.84. The normalized spacial score (nSPS) is 11.0. The van der Waals surface area contributed by atoms with Gasteiger partial charge in [0.15, 0.2) is 5.11 Å². The van der Waals surface area contributed by atoms with E-state index in [1.54, 1.807) is 18.4 Å². The second kappa shape index (κ2) is 10.0. The predicted molar refractivity (Wildman–Crippen MR) is 125 cm³/mol. The summed E-state index contributed by atoms with van der Waals surface area (Å²) >= 11 is 7.33. The highest BCUT2D eigenvalue weighted by Gasteiger charge is 2.15. The SMILES string of the molecule is COCCCNC(=S)N(Cc1cccs1)Cc1cc2ccc(C)c(C)c2[nH]c1=O. The maximum Gasteiger partial charge on any atom is 0.253 e. The van der Waals surface area contributed by atoms with Gasteiger partial charge in [0, 0.05) is 30.7 Å². The molecule has 0 atom stereocenters. The van der Waals surface area contributed by atoms with Crippen molar-refractivity contribution in [2.45, 2.75) is 33.4 Å². The molecule has 0 spiro atoms. The van der Waals surface area contributed by atoms with Gasteiger partial charge in [-0.05, 0) is 66.5 Å². The Morgan fingerprint density at radius 3 is 2.83 bits per heavy atom. The summed E-state index contributed by atoms with van der Waals surface area (Å²) in [6.45, 7) is 6.63. The maximum atomic E-state index is 12.8. The number of H-pyrrole nitrogens is 1. The molecular formula is C22H27N3O2S2. The van der Waals surface area contributed by atoms with E-state index in [-0.39, 0.29) is 5.56 Å². The summed E-state index contributed by atoms with van der Waals surface area (Å²) in [6.07, 6.45) is 0.874. The van der Waals surface area contributed by atoms with Crippen molar-refractivity contribution in [2.24, 2.45) is 0 Å². The molecule has 3 aromatic rings. The molecule has 0 radical (unpaired) electrons. The van der Waals surface area contributed by atoms with Crippen molar-refractivity contribution >= 4 is 39.6 Å². The first-order valence-corrected chi connectivity index (χ1v) is 10.9. The number of hydrogen-bond acceptors (Lipinski definition) is 4. The molecule has 7 heteroatoms. The van der Waals surface area contributed by atoms with E-state index in [0.717, 1.165) is 29.4 Å². The quantitative estimate of drug-likeness (QED) is 0.417. The van der Waals surface area contributed by atoms with Gasteiger partial charge in [0.25, 0.3) is 5.56 Å². The van der Waals surface area contributed by atoms with Crippen molar-refractivity contribution in [3.8, 4) is 0 Å². The van der Waals surface area contributed by atoms with Gasteiger partial charge < -0.3 is 19.9 Å². The lowest BCUT2D eigenvalue weighted by Gasteiger charge is -2.25. The highest BCUT2D eigenvalue weighted by atomic mass is 32.1. The standard InChI is InChI=1S/C22H27N3O2S2/c1-15-7-8-17-12-18(21(26)24-20(17)16(15)2)13-25(14-19-6-4-11-29-19)22(28)23-9-5-10-27-3/h4,6-8,11-12H,5,9-10,13-14H2,1-3H3,(H,23,28)(H,24,26). The minimum atomic E-state index is -0.0652. The first-order valence-electron chi connectivity index (χ1n) is 9.66. The number of nitrogens with one attached hydrogen (secondary N) is 2. The zero-order chi connectivity index (χ0) is 20.8. The first kappa shape index (κ1) is 21.5. The number of methoxy groups -OCH3 is 1. The Labute approximate surface area is 180 Å². The lowest BCUT2D eigenvalue weighted by molar-refractivity contribution is 0.195. The Morgan fingerprint density at radius 2 is 2.10 bits per heavy atom. The molecule has 3 rings (SSSR count). The Kier molecular flexibility index (Phi) is 7.41. The molecule has 0 unspecified atom stereocenters. The van der Waals surface area contributed by atoms with E-state index in [0.29, 0.717) is 30.4 Å². The monoisotopic (exact) mass is 429 g/mol. The summed E-state index contributed by atoms with van der Waals surface area (Å²) in [6, 6.07) is 10.2. The summed E-state index contributed by atoms with van der Waals surface area (Å²) in [7, 11) is 1.69. The number of aromatic amines is 1. The smallest absolute Gasteiger partial charge is 0.253 e. The van der Waals surface area contributed by atoms with Crippen LogP contribution in [0.1, 0.15) is 28.0 Å². The van der Waals surface area contributed by atoms with E-state index in [1.165, 1.54) is 10.4 Å². The van der Waals surface area contributed by atoms with Crippen LogP contribution in [0.25, 0.3) is 10.9 Å². The van der Waals surface area contributed by atoms with Crippen LogP contribution >= 0.6 is 23.6 Å². The van der Waals surface area contributed by atoms with Crippen molar-refractivity contribution in [1.29, 1.82) is 0 Å². The lowest BCUT2D eigenvalue weighted by Crippen LogP contribution is -2.40. The number of ether oxygens (including phenoxy) is 1. The maximum absolute atomic E-state index is 12.8. The summed E-state index contributed by atoms with van der Waals surface area (Å²) < 4.78 is 5.10. The van der Waals surface area contributed by atoms with Crippen molar-refractivity contribution < 1.29 is 4.74 Å². The molecule has 0 bridgehead atoms. The molecule has 5 nitrogen and oxygen atoms in total. The van der Waals surface area contributed by atoms with E-state index in [1.807, 2.05) is 24.0 Å². The number of hydrogen-bond donors (Lipinski definition) is 2. The van der Waals surface area contributed by atoms with Crippen LogP contribution in [0.4, 0.5) is 0 Å². The van der Waals surface area contributed by atoms with Crippen LogP contribution in [0, 0.1) is 13.8 Å². The van der Waals surface area contributed by atoms with E-state index in [9.17, 15) is 4.79 Å².